The molecule has 1 fully saturated rings. The zero-order chi connectivity index (χ0) is 13.1. The number of aromatic nitrogens is 1. The Morgan fingerprint density at radius 3 is 2.37 bits per heavy atom. The number of anilines is 1. The zero-order valence-electron chi connectivity index (χ0n) is 11.1. The minimum Gasteiger partial charge on any atom is -0.399 e. The molecule has 3 heteroatoms. The predicted molar refractivity (Wildman–Crippen MR) is 82.4 cm³/mol. The van der Waals surface area contributed by atoms with Gasteiger partial charge in [-0.05, 0) is 25.0 Å². The second-order valence-electron chi connectivity index (χ2n) is 5.38. The van der Waals surface area contributed by atoms with Gasteiger partial charge in [0.2, 0.25) is 0 Å². The summed E-state index contributed by atoms with van der Waals surface area (Å²) in [7, 11) is 0. The minimum absolute atomic E-state index is 0.690. The lowest BCUT2D eigenvalue weighted by Gasteiger charge is -2.09. The summed E-state index contributed by atoms with van der Waals surface area (Å²) in [5.41, 5.74) is 8.81. The van der Waals surface area contributed by atoms with Gasteiger partial charge in [-0.15, -0.1) is 11.3 Å². The van der Waals surface area contributed by atoms with Gasteiger partial charge in [-0.2, -0.15) is 0 Å². The highest BCUT2D eigenvalue weighted by Gasteiger charge is 2.17. The average Bonchev–Trinajstić information content (AvgIpc) is 2.76. The first-order valence-corrected chi connectivity index (χ1v) is 8.02. The number of benzene rings is 1. The van der Waals surface area contributed by atoms with E-state index in [1.807, 2.05) is 23.5 Å². The van der Waals surface area contributed by atoms with E-state index in [2.05, 4.69) is 17.5 Å². The van der Waals surface area contributed by atoms with Gasteiger partial charge >= 0.3 is 0 Å². The van der Waals surface area contributed by atoms with Crippen molar-refractivity contribution in [2.24, 2.45) is 0 Å². The van der Waals surface area contributed by atoms with Crippen molar-refractivity contribution < 1.29 is 0 Å². The molecular formula is C16H20N2S. The van der Waals surface area contributed by atoms with E-state index in [0.29, 0.717) is 5.92 Å². The number of nitrogens with zero attached hydrogens (tertiary/aromatic N) is 1. The molecule has 1 aromatic heterocycles. The maximum Gasteiger partial charge on any atom is 0.0963 e. The molecule has 0 saturated heterocycles. The molecular weight excluding hydrogens is 252 g/mol. The van der Waals surface area contributed by atoms with Crippen molar-refractivity contribution >= 4 is 17.0 Å². The first-order chi connectivity index (χ1) is 9.33. The molecule has 2 nitrogen and oxygen atoms in total. The fraction of sp³-hybridized carbons (Fsp3) is 0.438. The van der Waals surface area contributed by atoms with E-state index < -0.39 is 0 Å². The van der Waals surface area contributed by atoms with Crippen LogP contribution in [0.5, 0.6) is 0 Å². The molecule has 1 aliphatic carbocycles. The predicted octanol–water partition coefficient (Wildman–Crippen LogP) is 4.83. The quantitative estimate of drug-likeness (QED) is 0.628. The summed E-state index contributed by atoms with van der Waals surface area (Å²) in [6, 6.07) is 8.00. The molecule has 0 unspecified atom stereocenters. The van der Waals surface area contributed by atoms with Crippen LogP contribution in [-0.4, -0.2) is 4.98 Å². The van der Waals surface area contributed by atoms with Gasteiger partial charge < -0.3 is 5.73 Å². The third kappa shape index (κ3) is 2.98. The summed E-state index contributed by atoms with van der Waals surface area (Å²) in [5, 5.41) is 3.51. The van der Waals surface area contributed by atoms with E-state index in [0.717, 1.165) is 11.4 Å². The molecule has 100 valence electrons. The molecule has 0 radical (unpaired) electrons. The van der Waals surface area contributed by atoms with Crippen molar-refractivity contribution in [1.29, 1.82) is 0 Å². The number of thiazole rings is 1. The van der Waals surface area contributed by atoms with Crippen molar-refractivity contribution in [3.63, 3.8) is 0 Å². The van der Waals surface area contributed by atoms with E-state index in [-0.39, 0.29) is 0 Å². The molecule has 1 saturated carbocycles. The maximum absolute atomic E-state index is 5.73. The van der Waals surface area contributed by atoms with Crippen LogP contribution in [0.1, 0.15) is 49.5 Å². The number of hydrogen-bond acceptors (Lipinski definition) is 3. The number of rotatable bonds is 2. The SMILES string of the molecule is Nc1ccc(-c2csc(C3CCCCCC3)n2)cc1. The number of nitrogens with two attached hydrogens (primary N) is 1. The average molecular weight is 272 g/mol. The van der Waals surface area contributed by atoms with Gasteiger partial charge in [0.15, 0.2) is 0 Å². The Morgan fingerprint density at radius 1 is 1.00 bits per heavy atom. The molecule has 3 rings (SSSR count). The molecule has 1 heterocycles. The highest BCUT2D eigenvalue weighted by atomic mass is 32.1. The summed E-state index contributed by atoms with van der Waals surface area (Å²) in [6.07, 6.45) is 8.14. The third-order valence-corrected chi connectivity index (χ3v) is 4.94. The fourth-order valence-electron chi connectivity index (χ4n) is 2.79. The summed E-state index contributed by atoms with van der Waals surface area (Å²) < 4.78 is 0. The lowest BCUT2D eigenvalue weighted by Crippen LogP contribution is -1.96. The Hall–Kier alpha value is -1.35. The second-order valence-corrected chi connectivity index (χ2v) is 6.27. The summed E-state index contributed by atoms with van der Waals surface area (Å²) in [4.78, 5) is 4.85. The van der Waals surface area contributed by atoms with Crippen LogP contribution < -0.4 is 5.73 Å². The van der Waals surface area contributed by atoms with Gasteiger partial charge in [0.1, 0.15) is 0 Å². The van der Waals surface area contributed by atoms with Crippen LogP contribution in [0.15, 0.2) is 29.6 Å². The minimum atomic E-state index is 0.690. The van der Waals surface area contributed by atoms with Gasteiger partial charge in [0.25, 0.3) is 0 Å². The van der Waals surface area contributed by atoms with Crippen molar-refractivity contribution in [3.05, 3.63) is 34.7 Å². The van der Waals surface area contributed by atoms with Crippen molar-refractivity contribution in [1.82, 2.24) is 4.98 Å². The van der Waals surface area contributed by atoms with Gasteiger partial charge in [-0.1, -0.05) is 37.8 Å². The normalized spacial score (nSPS) is 17.3. The largest absolute Gasteiger partial charge is 0.399 e. The van der Waals surface area contributed by atoms with Crippen LogP contribution in [0, 0.1) is 0 Å². The number of nitrogen functional groups attached to an aromatic ring is 1. The Labute approximate surface area is 118 Å². The van der Waals surface area contributed by atoms with Crippen molar-refractivity contribution in [3.8, 4) is 11.3 Å². The first kappa shape index (κ1) is 12.7. The molecule has 19 heavy (non-hydrogen) atoms. The van der Waals surface area contributed by atoms with Crippen LogP contribution in [0.4, 0.5) is 5.69 Å². The number of hydrogen-bond donors (Lipinski definition) is 1. The molecule has 0 aliphatic heterocycles. The Kier molecular flexibility index (Phi) is 3.83. The van der Waals surface area contributed by atoms with Crippen LogP contribution in [0.2, 0.25) is 0 Å². The molecule has 0 amide bonds. The first-order valence-electron chi connectivity index (χ1n) is 7.14. The molecule has 1 aromatic carbocycles. The van der Waals surface area contributed by atoms with Crippen LogP contribution in [0.3, 0.4) is 0 Å². The molecule has 1 aliphatic rings. The Morgan fingerprint density at radius 2 is 1.68 bits per heavy atom. The summed E-state index contributed by atoms with van der Waals surface area (Å²) >= 11 is 1.82. The van der Waals surface area contributed by atoms with Gasteiger partial charge in [0.05, 0.1) is 10.7 Å². The maximum atomic E-state index is 5.73. The van der Waals surface area contributed by atoms with Crippen molar-refractivity contribution in [2.45, 2.75) is 44.4 Å². The van der Waals surface area contributed by atoms with Gasteiger partial charge in [-0.3, -0.25) is 0 Å². The van der Waals surface area contributed by atoms with Crippen LogP contribution in [-0.2, 0) is 0 Å². The smallest absolute Gasteiger partial charge is 0.0963 e. The molecule has 0 spiro atoms. The topological polar surface area (TPSA) is 38.9 Å². The fourth-order valence-corrected chi connectivity index (χ4v) is 3.79. The van der Waals surface area contributed by atoms with Crippen LogP contribution in [0.25, 0.3) is 11.3 Å². The standard InChI is InChI=1S/C16H20N2S/c17-14-9-7-12(8-10-14)15-11-19-16(18-15)13-5-3-1-2-4-6-13/h7-11,13H,1-6,17H2. The van der Waals surface area contributed by atoms with Crippen molar-refractivity contribution in [2.75, 3.05) is 5.73 Å². The summed E-state index contributed by atoms with van der Waals surface area (Å²) in [6.45, 7) is 0. The van der Waals surface area contributed by atoms with E-state index >= 15 is 0 Å². The summed E-state index contributed by atoms with van der Waals surface area (Å²) in [5.74, 6) is 0.690. The molecule has 0 atom stereocenters. The van der Waals surface area contributed by atoms with E-state index in [1.165, 1.54) is 49.1 Å². The van der Waals surface area contributed by atoms with Gasteiger partial charge in [0, 0.05) is 22.5 Å². The van der Waals surface area contributed by atoms with Gasteiger partial charge in [-0.25, -0.2) is 4.98 Å². The zero-order valence-corrected chi connectivity index (χ0v) is 12.0. The highest BCUT2D eigenvalue weighted by molar-refractivity contribution is 7.10. The Balaban J connectivity index is 1.80. The van der Waals surface area contributed by atoms with Crippen LogP contribution >= 0.6 is 11.3 Å². The lowest BCUT2D eigenvalue weighted by atomic mass is 10.0. The molecule has 2 aromatic rings. The lowest BCUT2D eigenvalue weighted by molar-refractivity contribution is 0.589. The third-order valence-electron chi connectivity index (χ3n) is 3.93. The molecule has 0 bridgehead atoms. The van der Waals surface area contributed by atoms with E-state index in [9.17, 15) is 0 Å². The monoisotopic (exact) mass is 272 g/mol. The highest BCUT2D eigenvalue weighted by Crippen LogP contribution is 2.35. The second kappa shape index (κ2) is 5.74. The van der Waals surface area contributed by atoms with E-state index in [1.54, 1.807) is 0 Å². The Bertz CT molecular complexity index is 522. The van der Waals surface area contributed by atoms with E-state index in [4.69, 9.17) is 10.7 Å². The molecule has 2 N–H and O–H groups in total.